The molecule has 1 heterocycles. The maximum atomic E-state index is 12.2. The van der Waals surface area contributed by atoms with Crippen LogP contribution < -0.4 is 10.6 Å². The fraction of sp³-hybridized carbons (Fsp3) is 0.786. The topological polar surface area (TPSA) is 98.7 Å². The first-order valence-corrected chi connectivity index (χ1v) is 7.16. The lowest BCUT2D eigenvalue weighted by Crippen LogP contribution is -2.55. The summed E-state index contributed by atoms with van der Waals surface area (Å²) >= 11 is 0. The third-order valence-electron chi connectivity index (χ3n) is 3.57. The number of carbonyl (C=O) groups excluding carboxylic acids is 2. The number of urea groups is 1. The average molecular weight is 299 g/mol. The Labute approximate surface area is 125 Å². The van der Waals surface area contributed by atoms with Gasteiger partial charge in [0.05, 0.1) is 0 Å². The van der Waals surface area contributed by atoms with Gasteiger partial charge in [0.1, 0.15) is 6.04 Å². The molecule has 1 rings (SSSR count). The zero-order chi connectivity index (χ0) is 16.2. The van der Waals surface area contributed by atoms with E-state index in [1.54, 1.807) is 25.7 Å². The lowest BCUT2D eigenvalue weighted by molar-refractivity contribution is -0.142. The van der Waals surface area contributed by atoms with E-state index in [1.807, 2.05) is 0 Å². The molecule has 1 unspecified atom stereocenters. The maximum absolute atomic E-state index is 12.2. The quantitative estimate of drug-likeness (QED) is 0.717. The summed E-state index contributed by atoms with van der Waals surface area (Å²) in [6.07, 6.45) is 1.36. The van der Waals surface area contributed by atoms with Crippen molar-refractivity contribution in [2.75, 3.05) is 13.1 Å². The average Bonchev–Trinajstić information content (AvgIpc) is 2.34. The van der Waals surface area contributed by atoms with Crippen LogP contribution in [0.1, 0.15) is 40.5 Å². The summed E-state index contributed by atoms with van der Waals surface area (Å²) in [7, 11) is 0. The molecule has 3 N–H and O–H groups in total. The van der Waals surface area contributed by atoms with Crippen LogP contribution >= 0.6 is 0 Å². The molecule has 1 saturated heterocycles. The van der Waals surface area contributed by atoms with Gasteiger partial charge in [0, 0.05) is 26.1 Å². The van der Waals surface area contributed by atoms with Crippen molar-refractivity contribution in [3.8, 4) is 0 Å². The standard InChI is InChI=1S/C14H25N3O4/c1-9(18)15-10-5-7-17(8-6-10)13(21)16-11(12(19)20)14(2,3)4/h10-11H,5-8H2,1-4H3,(H,15,18)(H,16,21)(H,19,20). The van der Waals surface area contributed by atoms with Gasteiger partial charge in [0.2, 0.25) is 5.91 Å². The van der Waals surface area contributed by atoms with E-state index in [9.17, 15) is 19.5 Å². The Balaban J connectivity index is 2.54. The van der Waals surface area contributed by atoms with E-state index in [-0.39, 0.29) is 18.0 Å². The van der Waals surface area contributed by atoms with Crippen LogP contribution in [0.4, 0.5) is 4.79 Å². The molecule has 7 nitrogen and oxygen atoms in total. The lowest BCUT2D eigenvalue weighted by atomic mass is 9.87. The molecule has 0 aromatic rings. The van der Waals surface area contributed by atoms with Crippen molar-refractivity contribution in [2.24, 2.45) is 5.41 Å². The van der Waals surface area contributed by atoms with Gasteiger partial charge in [0.25, 0.3) is 0 Å². The van der Waals surface area contributed by atoms with Crippen LogP contribution in [0.5, 0.6) is 0 Å². The van der Waals surface area contributed by atoms with Crippen LogP contribution in [0.2, 0.25) is 0 Å². The molecule has 1 fully saturated rings. The lowest BCUT2D eigenvalue weighted by Gasteiger charge is -2.35. The highest BCUT2D eigenvalue weighted by atomic mass is 16.4. The number of carboxylic acids is 1. The Morgan fingerprint density at radius 1 is 1.19 bits per heavy atom. The van der Waals surface area contributed by atoms with E-state index < -0.39 is 17.4 Å². The molecule has 120 valence electrons. The van der Waals surface area contributed by atoms with Crippen LogP contribution in [-0.4, -0.2) is 53.1 Å². The van der Waals surface area contributed by atoms with Crippen molar-refractivity contribution in [3.05, 3.63) is 0 Å². The summed E-state index contributed by atoms with van der Waals surface area (Å²) in [4.78, 5) is 36.0. The number of nitrogens with zero attached hydrogens (tertiary/aromatic N) is 1. The van der Waals surface area contributed by atoms with Crippen LogP contribution in [0.3, 0.4) is 0 Å². The summed E-state index contributed by atoms with van der Waals surface area (Å²) in [5.41, 5.74) is -0.560. The van der Waals surface area contributed by atoms with E-state index in [0.29, 0.717) is 25.9 Å². The van der Waals surface area contributed by atoms with Crippen LogP contribution in [0.15, 0.2) is 0 Å². The fourth-order valence-electron chi connectivity index (χ4n) is 2.38. The van der Waals surface area contributed by atoms with Gasteiger partial charge in [-0.3, -0.25) is 4.79 Å². The third-order valence-corrected chi connectivity index (χ3v) is 3.57. The minimum absolute atomic E-state index is 0.0726. The number of piperidine rings is 1. The third kappa shape index (κ3) is 5.24. The van der Waals surface area contributed by atoms with Gasteiger partial charge in [-0.2, -0.15) is 0 Å². The SMILES string of the molecule is CC(=O)NC1CCN(C(=O)NC(C(=O)O)C(C)(C)C)CC1. The number of amides is 3. The van der Waals surface area contributed by atoms with E-state index in [4.69, 9.17) is 0 Å². The van der Waals surface area contributed by atoms with Gasteiger partial charge in [-0.05, 0) is 18.3 Å². The summed E-state index contributed by atoms with van der Waals surface area (Å²) in [5.74, 6) is -1.11. The maximum Gasteiger partial charge on any atom is 0.326 e. The molecular weight excluding hydrogens is 274 g/mol. The van der Waals surface area contributed by atoms with Crippen molar-refractivity contribution >= 4 is 17.9 Å². The van der Waals surface area contributed by atoms with Crippen LogP contribution in [0.25, 0.3) is 0 Å². The molecule has 0 aromatic carbocycles. The van der Waals surface area contributed by atoms with Crippen molar-refractivity contribution in [2.45, 2.75) is 52.6 Å². The molecular formula is C14H25N3O4. The van der Waals surface area contributed by atoms with Gasteiger partial charge >= 0.3 is 12.0 Å². The summed E-state index contributed by atoms with van der Waals surface area (Å²) in [6.45, 7) is 7.81. The van der Waals surface area contributed by atoms with E-state index in [1.165, 1.54) is 6.92 Å². The number of hydrogen-bond donors (Lipinski definition) is 3. The molecule has 0 radical (unpaired) electrons. The molecule has 1 atom stereocenters. The zero-order valence-corrected chi connectivity index (χ0v) is 13.1. The van der Waals surface area contributed by atoms with E-state index in [0.717, 1.165) is 0 Å². The predicted molar refractivity (Wildman–Crippen MR) is 77.8 cm³/mol. The van der Waals surface area contributed by atoms with Gasteiger partial charge in [-0.15, -0.1) is 0 Å². The zero-order valence-electron chi connectivity index (χ0n) is 13.1. The fourth-order valence-corrected chi connectivity index (χ4v) is 2.38. The monoisotopic (exact) mass is 299 g/mol. The van der Waals surface area contributed by atoms with Crippen molar-refractivity contribution in [1.29, 1.82) is 0 Å². The second-order valence-electron chi connectivity index (χ2n) is 6.55. The second kappa shape index (κ2) is 6.78. The Morgan fingerprint density at radius 2 is 1.71 bits per heavy atom. The minimum Gasteiger partial charge on any atom is -0.480 e. The number of hydrogen-bond acceptors (Lipinski definition) is 3. The molecule has 21 heavy (non-hydrogen) atoms. The normalized spacial score (nSPS) is 18.0. The van der Waals surface area contributed by atoms with Gasteiger partial charge in [-0.25, -0.2) is 9.59 Å². The minimum atomic E-state index is -1.04. The molecule has 0 aliphatic carbocycles. The first kappa shape index (κ1) is 17.3. The number of nitrogens with one attached hydrogen (secondary N) is 2. The van der Waals surface area contributed by atoms with Gasteiger partial charge < -0.3 is 20.6 Å². The van der Waals surface area contributed by atoms with Crippen LogP contribution in [0, 0.1) is 5.41 Å². The molecule has 0 spiro atoms. The van der Waals surface area contributed by atoms with Gasteiger partial charge in [0.15, 0.2) is 0 Å². The van der Waals surface area contributed by atoms with Crippen molar-refractivity contribution in [1.82, 2.24) is 15.5 Å². The molecule has 0 saturated carbocycles. The molecule has 3 amide bonds. The van der Waals surface area contributed by atoms with E-state index >= 15 is 0 Å². The van der Waals surface area contributed by atoms with E-state index in [2.05, 4.69) is 10.6 Å². The smallest absolute Gasteiger partial charge is 0.326 e. The second-order valence-corrected chi connectivity index (χ2v) is 6.55. The highest BCUT2D eigenvalue weighted by Gasteiger charge is 2.34. The summed E-state index contributed by atoms with van der Waals surface area (Å²) in [5, 5.41) is 14.6. The predicted octanol–water partition coefficient (Wildman–Crippen LogP) is 0.796. The largest absolute Gasteiger partial charge is 0.480 e. The number of carboxylic acid groups (broad SMARTS) is 1. The van der Waals surface area contributed by atoms with Gasteiger partial charge in [-0.1, -0.05) is 20.8 Å². The number of likely N-dealkylation sites (tertiary alicyclic amines) is 1. The summed E-state index contributed by atoms with van der Waals surface area (Å²) < 4.78 is 0. The van der Waals surface area contributed by atoms with Crippen molar-refractivity contribution in [3.63, 3.8) is 0 Å². The Morgan fingerprint density at radius 3 is 2.10 bits per heavy atom. The summed E-state index contributed by atoms with van der Waals surface area (Å²) in [6, 6.07) is -1.21. The van der Waals surface area contributed by atoms with Crippen molar-refractivity contribution < 1.29 is 19.5 Å². The first-order valence-electron chi connectivity index (χ1n) is 7.16. The molecule has 0 aromatic heterocycles. The Bertz CT molecular complexity index is 409. The number of aliphatic carboxylic acids is 1. The number of rotatable bonds is 3. The highest BCUT2D eigenvalue weighted by molar-refractivity contribution is 5.83. The first-order chi connectivity index (χ1) is 9.61. The highest BCUT2D eigenvalue weighted by Crippen LogP contribution is 2.20. The number of carbonyl (C=O) groups is 3. The van der Waals surface area contributed by atoms with Crippen LogP contribution in [-0.2, 0) is 9.59 Å². The Hall–Kier alpha value is -1.79. The molecule has 1 aliphatic rings. The Kier molecular flexibility index (Phi) is 5.57. The molecule has 0 bridgehead atoms. The molecule has 1 aliphatic heterocycles. The molecule has 7 heteroatoms.